The lowest BCUT2D eigenvalue weighted by Gasteiger charge is -2.12. The second-order valence-electron chi connectivity index (χ2n) is 11.0. The molecule has 0 radical (unpaired) electrons. The van der Waals surface area contributed by atoms with Gasteiger partial charge in [-0.25, -0.2) is 0 Å². The predicted octanol–water partition coefficient (Wildman–Crippen LogP) is 7.85. The number of ketones is 2. The van der Waals surface area contributed by atoms with Crippen LogP contribution in [0.2, 0.25) is 0 Å². The monoisotopic (exact) mass is 697 g/mol. The first-order valence-corrected chi connectivity index (χ1v) is 16.3. The lowest BCUT2D eigenvalue weighted by Crippen LogP contribution is -2.24. The molecule has 0 amide bonds. The molecule has 9 nitrogen and oxygen atoms in total. The van der Waals surface area contributed by atoms with Gasteiger partial charge in [0, 0.05) is 34.5 Å². The number of nitrogens with zero attached hydrogens (tertiary/aromatic N) is 1. The van der Waals surface area contributed by atoms with E-state index in [-0.39, 0.29) is 22.2 Å². The molecule has 0 bridgehead atoms. The molecule has 0 unspecified atom stereocenters. The number of phenols is 1. The number of hydrogen-bond acceptors (Lipinski definition) is 8. The van der Waals surface area contributed by atoms with Gasteiger partial charge in [-0.3, -0.25) is 13.8 Å². The highest BCUT2D eigenvalue weighted by atomic mass is 32.2. The molecular weight excluding hydrogens is 663 g/mol. The third kappa shape index (κ3) is 8.86. The molecule has 1 N–H and O–H groups in total. The van der Waals surface area contributed by atoms with Gasteiger partial charge in [-0.15, -0.1) is 13.2 Å². The van der Waals surface area contributed by atoms with Gasteiger partial charge in [0.2, 0.25) is 0 Å². The van der Waals surface area contributed by atoms with Crippen LogP contribution in [-0.4, -0.2) is 49.2 Å². The summed E-state index contributed by atoms with van der Waals surface area (Å²) < 4.78 is 77.8. The molecule has 0 fully saturated rings. The molecule has 4 aromatic carbocycles. The van der Waals surface area contributed by atoms with E-state index in [2.05, 4.69) is 4.74 Å². The quantitative estimate of drug-likeness (QED) is 0.116. The Kier molecular flexibility index (Phi) is 11.2. The molecule has 0 spiro atoms. The Hall–Kier alpha value is -5.14. The Morgan fingerprint density at radius 1 is 0.898 bits per heavy atom. The lowest BCUT2D eigenvalue weighted by atomic mass is 10.0. The van der Waals surface area contributed by atoms with Gasteiger partial charge in [0.15, 0.2) is 11.6 Å². The topological polar surface area (TPSA) is 121 Å². The number of ether oxygens (including phenoxy) is 2. The zero-order valence-corrected chi connectivity index (χ0v) is 28.1. The molecule has 49 heavy (non-hydrogen) atoms. The molecule has 1 aromatic heterocycles. The van der Waals surface area contributed by atoms with Crippen LogP contribution in [0.25, 0.3) is 16.6 Å². The van der Waals surface area contributed by atoms with Gasteiger partial charge in [0.25, 0.3) is 10.1 Å². The first-order chi connectivity index (χ1) is 23.0. The van der Waals surface area contributed by atoms with Crippen LogP contribution in [0.4, 0.5) is 13.2 Å². The molecule has 258 valence electrons. The number of phenolic OH excluding ortho intramolecular Hbond substituents is 1. The highest BCUT2D eigenvalue weighted by Crippen LogP contribution is 2.35. The van der Waals surface area contributed by atoms with Gasteiger partial charge in [-0.05, 0) is 87.9 Å². The molecule has 1 heterocycles. The van der Waals surface area contributed by atoms with Crippen molar-refractivity contribution in [1.82, 2.24) is 4.57 Å². The number of aromatic nitrogens is 1. The molecule has 5 aromatic rings. The number of alkyl halides is 3. The van der Waals surface area contributed by atoms with E-state index in [1.54, 1.807) is 66.9 Å². The Morgan fingerprint density at radius 2 is 1.53 bits per heavy atom. The van der Waals surface area contributed by atoms with Crippen molar-refractivity contribution in [2.45, 2.75) is 51.5 Å². The van der Waals surface area contributed by atoms with Gasteiger partial charge >= 0.3 is 6.36 Å². The smallest absolute Gasteiger partial charge is 0.508 e. The molecule has 1 atom stereocenters. The Labute approximate surface area is 281 Å². The van der Waals surface area contributed by atoms with Crippen molar-refractivity contribution in [2.75, 3.05) is 7.11 Å². The van der Waals surface area contributed by atoms with Crippen molar-refractivity contribution in [3.05, 3.63) is 113 Å². The van der Waals surface area contributed by atoms with E-state index in [4.69, 9.17) is 8.92 Å². The van der Waals surface area contributed by atoms with Gasteiger partial charge in [-0.2, -0.15) is 8.42 Å². The van der Waals surface area contributed by atoms with E-state index in [1.165, 1.54) is 56.5 Å². The molecule has 0 saturated carbocycles. The van der Waals surface area contributed by atoms with Gasteiger partial charge in [-0.1, -0.05) is 30.7 Å². The number of Topliss-reactive ketones (excluding diaryl/α,β-unsaturated/α-hetero) is 1. The van der Waals surface area contributed by atoms with Crippen LogP contribution in [0.15, 0.2) is 95.9 Å². The Morgan fingerprint density at radius 3 is 2.08 bits per heavy atom. The maximum atomic E-state index is 13.4. The van der Waals surface area contributed by atoms with Crippen LogP contribution >= 0.6 is 0 Å². The average molecular weight is 698 g/mol. The summed E-state index contributed by atoms with van der Waals surface area (Å²) in [6, 6.07) is 22.9. The largest absolute Gasteiger partial charge is 0.573 e. The fourth-order valence-electron chi connectivity index (χ4n) is 5.07. The molecule has 0 aliphatic carbocycles. The van der Waals surface area contributed by atoms with Crippen molar-refractivity contribution >= 4 is 32.6 Å². The van der Waals surface area contributed by atoms with E-state index >= 15 is 0 Å². The lowest BCUT2D eigenvalue weighted by molar-refractivity contribution is -0.274. The number of carbonyl (C=O) groups is 2. The minimum Gasteiger partial charge on any atom is -0.508 e. The number of carbonyl (C=O) groups excluding carboxylic acids is 2. The van der Waals surface area contributed by atoms with Crippen molar-refractivity contribution < 1.29 is 49.9 Å². The zero-order valence-electron chi connectivity index (χ0n) is 27.2. The Bertz CT molecular complexity index is 2070. The summed E-state index contributed by atoms with van der Waals surface area (Å²) in [5, 5.41) is 10.4. The summed E-state index contributed by atoms with van der Waals surface area (Å²) in [6.45, 7) is 6.59. The summed E-state index contributed by atoms with van der Waals surface area (Å²) in [7, 11) is -2.34. The highest BCUT2D eigenvalue weighted by molar-refractivity contribution is 7.86. The average Bonchev–Trinajstić information content (AvgIpc) is 3.33. The maximum Gasteiger partial charge on any atom is 0.573 e. The molecule has 5 rings (SSSR count). The molecule has 0 aliphatic heterocycles. The van der Waals surface area contributed by atoms with Crippen LogP contribution in [0.5, 0.6) is 17.2 Å². The summed E-state index contributed by atoms with van der Waals surface area (Å²) >= 11 is 0. The number of methoxy groups -OCH3 is 1. The minimum atomic E-state index is -4.85. The summed E-state index contributed by atoms with van der Waals surface area (Å²) in [6.07, 6.45) is -5.42. The van der Waals surface area contributed by atoms with E-state index in [0.29, 0.717) is 45.6 Å². The normalized spacial score (nSPS) is 12.2. The SMILES string of the molecule is CC[C@H](OS(=O)(=O)c1ccc(C)cc1)C(C)=O.COc1ccc(C(=O)c2c(C)n(-c3cccc(O)c3)c3cc(OC(F)(F)F)ccc23)cc1. The fourth-order valence-corrected chi connectivity index (χ4v) is 6.23. The zero-order chi connectivity index (χ0) is 36.1. The summed E-state index contributed by atoms with van der Waals surface area (Å²) in [4.78, 5) is 24.6. The van der Waals surface area contributed by atoms with E-state index in [9.17, 15) is 36.3 Å². The first kappa shape index (κ1) is 36.7. The summed E-state index contributed by atoms with van der Waals surface area (Å²) in [5.74, 6) is -0.419. The number of benzene rings is 4. The maximum absolute atomic E-state index is 13.4. The molecular formula is C36H34F3NO8S. The van der Waals surface area contributed by atoms with Crippen LogP contribution in [-0.2, 0) is 19.1 Å². The van der Waals surface area contributed by atoms with Crippen molar-refractivity contribution in [3.63, 3.8) is 0 Å². The molecule has 0 saturated heterocycles. The molecule has 13 heteroatoms. The van der Waals surface area contributed by atoms with Crippen LogP contribution in [0.1, 0.15) is 47.4 Å². The van der Waals surface area contributed by atoms with E-state index in [1.807, 2.05) is 6.92 Å². The number of fused-ring (bicyclic) bond motifs is 1. The number of halogens is 3. The van der Waals surface area contributed by atoms with Gasteiger partial charge < -0.3 is 19.1 Å². The Balaban J connectivity index is 0.000000269. The second-order valence-corrected chi connectivity index (χ2v) is 12.5. The number of hydrogen-bond donors (Lipinski definition) is 1. The second kappa shape index (κ2) is 15.0. The van der Waals surface area contributed by atoms with E-state index < -0.39 is 28.3 Å². The standard InChI is InChI=1S/C24H18F3NO4.C12H16O4S/c1-14-22(23(30)15-6-8-18(31-2)9-7-15)20-11-10-19(32-24(25,26)27)13-21(20)28(14)16-4-3-5-17(29)12-16;1-4-12(10(3)13)16-17(14,15)11-7-5-9(2)6-8-11/h3-13,29H,1-2H3;5-8,12H,4H2,1-3H3/t;12-/m.0/s1. The summed E-state index contributed by atoms with van der Waals surface area (Å²) in [5.41, 5.74) is 3.04. The fraction of sp³-hybridized carbons (Fsp3) is 0.222. The van der Waals surface area contributed by atoms with Crippen molar-refractivity contribution in [1.29, 1.82) is 0 Å². The van der Waals surface area contributed by atoms with Crippen LogP contribution in [0.3, 0.4) is 0 Å². The number of rotatable bonds is 10. The number of aryl methyl sites for hydroxylation is 1. The van der Waals surface area contributed by atoms with Gasteiger partial charge in [0.05, 0.1) is 23.1 Å². The highest BCUT2D eigenvalue weighted by Gasteiger charge is 2.32. The van der Waals surface area contributed by atoms with E-state index in [0.717, 1.165) is 5.56 Å². The number of aromatic hydroxyl groups is 1. The van der Waals surface area contributed by atoms with Crippen molar-refractivity contribution in [2.24, 2.45) is 0 Å². The predicted molar refractivity (Wildman–Crippen MR) is 177 cm³/mol. The molecule has 0 aliphatic rings. The van der Waals surface area contributed by atoms with Crippen LogP contribution in [0, 0.1) is 13.8 Å². The minimum absolute atomic E-state index is 0.0190. The first-order valence-electron chi connectivity index (χ1n) is 14.9. The van der Waals surface area contributed by atoms with Crippen LogP contribution < -0.4 is 9.47 Å². The van der Waals surface area contributed by atoms with Gasteiger partial charge in [0.1, 0.15) is 23.4 Å². The third-order valence-corrected chi connectivity index (χ3v) is 8.79. The third-order valence-electron chi connectivity index (χ3n) is 7.45. The van der Waals surface area contributed by atoms with Crippen molar-refractivity contribution in [3.8, 4) is 22.9 Å².